The van der Waals surface area contributed by atoms with Gasteiger partial charge >= 0.3 is 0 Å². The van der Waals surface area contributed by atoms with Gasteiger partial charge in [-0.05, 0) is 68.3 Å². The van der Waals surface area contributed by atoms with E-state index in [1.165, 1.54) is 44.2 Å². The molecule has 1 aromatic carbocycles. The lowest BCUT2D eigenvalue weighted by Crippen LogP contribution is -2.30. The van der Waals surface area contributed by atoms with Crippen LogP contribution in [0.15, 0.2) is 24.3 Å². The predicted molar refractivity (Wildman–Crippen MR) is 90.1 cm³/mol. The van der Waals surface area contributed by atoms with Gasteiger partial charge in [0.1, 0.15) is 5.75 Å². The fourth-order valence-corrected chi connectivity index (χ4v) is 3.39. The van der Waals surface area contributed by atoms with Crippen LogP contribution in [0.5, 0.6) is 5.75 Å². The average Bonchev–Trinajstić information content (AvgIpc) is 2.54. The van der Waals surface area contributed by atoms with Gasteiger partial charge in [-0.3, -0.25) is 0 Å². The van der Waals surface area contributed by atoms with Crippen molar-refractivity contribution in [3.05, 3.63) is 29.8 Å². The van der Waals surface area contributed by atoms with Gasteiger partial charge in [-0.1, -0.05) is 38.8 Å². The average molecular weight is 289 g/mol. The van der Waals surface area contributed by atoms with Crippen LogP contribution in [0.2, 0.25) is 0 Å². The summed E-state index contributed by atoms with van der Waals surface area (Å²) in [7, 11) is 0. The molecule has 0 aromatic heterocycles. The number of ether oxygens (including phenoxy) is 1. The minimum absolute atomic E-state index is 0.725. The van der Waals surface area contributed by atoms with E-state index in [2.05, 4.69) is 43.4 Å². The van der Waals surface area contributed by atoms with Crippen LogP contribution < -0.4 is 10.1 Å². The Morgan fingerprint density at radius 3 is 2.52 bits per heavy atom. The van der Waals surface area contributed by atoms with E-state index in [-0.39, 0.29) is 0 Å². The fraction of sp³-hybridized carbons (Fsp3) is 0.684. The van der Waals surface area contributed by atoms with E-state index in [1.807, 2.05) is 0 Å². The fourth-order valence-electron chi connectivity index (χ4n) is 3.39. The summed E-state index contributed by atoms with van der Waals surface area (Å²) in [5.41, 5.74) is 1.50. The highest BCUT2D eigenvalue weighted by molar-refractivity contribution is 5.30. The quantitative estimate of drug-likeness (QED) is 0.697. The van der Waals surface area contributed by atoms with Gasteiger partial charge < -0.3 is 10.1 Å². The molecule has 21 heavy (non-hydrogen) atoms. The molecule has 1 saturated carbocycles. The summed E-state index contributed by atoms with van der Waals surface area (Å²) in [5, 5.41) is 3.62. The lowest BCUT2D eigenvalue weighted by Gasteiger charge is -2.32. The van der Waals surface area contributed by atoms with Gasteiger partial charge in [-0.15, -0.1) is 0 Å². The van der Waals surface area contributed by atoms with Crippen LogP contribution in [0.3, 0.4) is 0 Å². The standard InChI is InChI=1S/C19H31NO/c1-3-13-20-15-17-7-5-6-8-19(17)16-9-11-18(12-10-16)21-14-4-2/h9-12,17,19-20H,3-8,13-15H2,1-2H3. The Morgan fingerprint density at radius 1 is 1.05 bits per heavy atom. The maximum atomic E-state index is 5.69. The van der Waals surface area contributed by atoms with Crippen LogP contribution >= 0.6 is 0 Å². The summed E-state index contributed by atoms with van der Waals surface area (Å²) < 4.78 is 5.69. The molecular weight excluding hydrogens is 258 g/mol. The van der Waals surface area contributed by atoms with E-state index in [0.717, 1.165) is 37.2 Å². The van der Waals surface area contributed by atoms with Crippen LogP contribution in [0.25, 0.3) is 0 Å². The Morgan fingerprint density at radius 2 is 1.81 bits per heavy atom. The lowest BCUT2D eigenvalue weighted by atomic mass is 9.75. The smallest absolute Gasteiger partial charge is 0.119 e. The normalized spacial score (nSPS) is 22.2. The molecule has 1 N–H and O–H groups in total. The molecule has 2 atom stereocenters. The molecule has 0 heterocycles. The van der Waals surface area contributed by atoms with Crippen LogP contribution in [-0.2, 0) is 0 Å². The Kier molecular flexibility index (Phi) is 7.08. The third kappa shape index (κ3) is 5.03. The van der Waals surface area contributed by atoms with Crippen molar-refractivity contribution in [3.8, 4) is 5.75 Å². The highest BCUT2D eigenvalue weighted by atomic mass is 16.5. The van der Waals surface area contributed by atoms with Crippen molar-refractivity contribution in [1.29, 1.82) is 0 Å². The number of benzene rings is 1. The molecule has 1 fully saturated rings. The molecule has 118 valence electrons. The second kappa shape index (κ2) is 9.09. The molecular formula is C19H31NO. The Hall–Kier alpha value is -1.02. The molecule has 0 saturated heterocycles. The zero-order valence-corrected chi connectivity index (χ0v) is 13.7. The van der Waals surface area contributed by atoms with Crippen molar-refractivity contribution in [2.24, 2.45) is 5.92 Å². The SMILES string of the molecule is CCCNCC1CCCCC1c1ccc(OCCC)cc1. The van der Waals surface area contributed by atoms with Gasteiger partial charge in [0, 0.05) is 0 Å². The van der Waals surface area contributed by atoms with Gasteiger partial charge in [0.25, 0.3) is 0 Å². The van der Waals surface area contributed by atoms with E-state index in [0.29, 0.717) is 0 Å². The molecule has 0 amide bonds. The number of nitrogens with one attached hydrogen (secondary N) is 1. The molecule has 0 spiro atoms. The van der Waals surface area contributed by atoms with Gasteiger partial charge in [0.05, 0.1) is 6.61 Å². The second-order valence-corrected chi connectivity index (χ2v) is 6.27. The number of rotatable bonds is 8. The topological polar surface area (TPSA) is 21.3 Å². The predicted octanol–water partition coefficient (Wildman–Crippen LogP) is 4.75. The summed E-state index contributed by atoms with van der Waals surface area (Å²) in [6.45, 7) is 7.51. The van der Waals surface area contributed by atoms with Crippen LogP contribution in [-0.4, -0.2) is 19.7 Å². The monoisotopic (exact) mass is 289 g/mol. The maximum absolute atomic E-state index is 5.69. The highest BCUT2D eigenvalue weighted by Crippen LogP contribution is 2.37. The number of hydrogen-bond donors (Lipinski definition) is 1. The minimum atomic E-state index is 0.725. The molecule has 1 aromatic rings. The summed E-state index contributed by atoms with van der Waals surface area (Å²) in [5.74, 6) is 2.54. The van der Waals surface area contributed by atoms with Crippen molar-refractivity contribution in [2.75, 3.05) is 19.7 Å². The third-order valence-electron chi connectivity index (χ3n) is 4.52. The molecule has 0 bridgehead atoms. The summed E-state index contributed by atoms with van der Waals surface area (Å²) in [6, 6.07) is 8.87. The van der Waals surface area contributed by atoms with Crippen molar-refractivity contribution >= 4 is 0 Å². The first-order valence-electron chi connectivity index (χ1n) is 8.78. The second-order valence-electron chi connectivity index (χ2n) is 6.27. The number of hydrogen-bond acceptors (Lipinski definition) is 2. The van der Waals surface area contributed by atoms with Crippen molar-refractivity contribution in [1.82, 2.24) is 5.32 Å². The van der Waals surface area contributed by atoms with Gasteiger partial charge in [0.2, 0.25) is 0 Å². The summed E-state index contributed by atoms with van der Waals surface area (Å²) in [6.07, 6.45) is 7.77. The Bertz CT molecular complexity index is 387. The Labute approximate surface area is 130 Å². The maximum Gasteiger partial charge on any atom is 0.119 e. The van der Waals surface area contributed by atoms with Crippen molar-refractivity contribution < 1.29 is 4.74 Å². The molecule has 1 aliphatic carbocycles. The zero-order chi connectivity index (χ0) is 14.9. The van der Waals surface area contributed by atoms with E-state index < -0.39 is 0 Å². The minimum Gasteiger partial charge on any atom is -0.494 e. The first-order chi connectivity index (χ1) is 10.3. The first kappa shape index (κ1) is 16.4. The van der Waals surface area contributed by atoms with E-state index >= 15 is 0 Å². The molecule has 0 radical (unpaired) electrons. The van der Waals surface area contributed by atoms with Gasteiger partial charge in [-0.2, -0.15) is 0 Å². The highest BCUT2D eigenvalue weighted by Gasteiger charge is 2.25. The van der Waals surface area contributed by atoms with Crippen LogP contribution in [0.4, 0.5) is 0 Å². The van der Waals surface area contributed by atoms with Gasteiger partial charge in [0.15, 0.2) is 0 Å². The van der Waals surface area contributed by atoms with E-state index in [1.54, 1.807) is 0 Å². The molecule has 1 aliphatic rings. The lowest BCUT2D eigenvalue weighted by molar-refractivity contribution is 0.295. The summed E-state index contributed by atoms with van der Waals surface area (Å²) >= 11 is 0. The van der Waals surface area contributed by atoms with E-state index in [9.17, 15) is 0 Å². The molecule has 0 aliphatic heterocycles. The van der Waals surface area contributed by atoms with Gasteiger partial charge in [-0.25, -0.2) is 0 Å². The largest absolute Gasteiger partial charge is 0.494 e. The Balaban J connectivity index is 1.96. The molecule has 2 heteroatoms. The third-order valence-corrected chi connectivity index (χ3v) is 4.52. The summed E-state index contributed by atoms with van der Waals surface area (Å²) in [4.78, 5) is 0. The molecule has 2 rings (SSSR count). The van der Waals surface area contributed by atoms with Crippen LogP contribution in [0.1, 0.15) is 63.9 Å². The first-order valence-corrected chi connectivity index (χ1v) is 8.78. The molecule has 2 unspecified atom stereocenters. The van der Waals surface area contributed by atoms with Crippen LogP contribution in [0, 0.1) is 5.92 Å². The van der Waals surface area contributed by atoms with Crippen molar-refractivity contribution in [2.45, 2.75) is 58.3 Å². The van der Waals surface area contributed by atoms with Crippen molar-refractivity contribution in [3.63, 3.8) is 0 Å². The van der Waals surface area contributed by atoms with E-state index in [4.69, 9.17) is 4.74 Å². The zero-order valence-electron chi connectivity index (χ0n) is 13.7. The molecule has 2 nitrogen and oxygen atoms in total.